The van der Waals surface area contributed by atoms with E-state index in [1.54, 1.807) is 7.05 Å². The first kappa shape index (κ1) is 18.6. The molecule has 126 valence electrons. The molecule has 0 aliphatic heterocycles. The lowest BCUT2D eigenvalue weighted by Crippen LogP contribution is -2.41. The summed E-state index contributed by atoms with van der Waals surface area (Å²) < 4.78 is 4.33. The summed E-state index contributed by atoms with van der Waals surface area (Å²) in [7, 11) is 2.79. The summed E-state index contributed by atoms with van der Waals surface area (Å²) in [5.74, 6) is -0.761. The van der Waals surface area contributed by atoms with Gasteiger partial charge in [0.15, 0.2) is 0 Å². The molecule has 0 aliphatic carbocycles. The zero-order valence-electron chi connectivity index (χ0n) is 14.1. The van der Waals surface area contributed by atoms with E-state index >= 15 is 0 Å². The van der Waals surface area contributed by atoms with Crippen molar-refractivity contribution in [3.63, 3.8) is 0 Å². The summed E-state index contributed by atoms with van der Waals surface area (Å²) in [6, 6.07) is 3.99. The van der Waals surface area contributed by atoms with Gasteiger partial charge in [-0.1, -0.05) is 17.7 Å². The molecule has 2 N–H and O–H groups in total. The lowest BCUT2D eigenvalue weighted by Gasteiger charge is -2.17. The molecule has 3 amide bonds. The standard InChI is InChI=1S/C16H23N3O4/c1-10-6-11(2)15(12(3)7-10)17-13(20)8-19(4)9-14(21)18-16(22)23-5/h6-7H,8-9H2,1-5H3,(H,17,20)(H,18,21,22). The van der Waals surface area contributed by atoms with Crippen molar-refractivity contribution in [3.05, 3.63) is 28.8 Å². The lowest BCUT2D eigenvalue weighted by molar-refractivity contribution is -0.122. The molecule has 0 bridgehead atoms. The van der Waals surface area contributed by atoms with Crippen molar-refractivity contribution in [1.82, 2.24) is 10.2 Å². The van der Waals surface area contributed by atoms with Crippen molar-refractivity contribution in [1.29, 1.82) is 0 Å². The van der Waals surface area contributed by atoms with Crippen molar-refractivity contribution in [2.24, 2.45) is 0 Å². The van der Waals surface area contributed by atoms with Crippen LogP contribution in [0.1, 0.15) is 16.7 Å². The number of methoxy groups -OCH3 is 1. The quantitative estimate of drug-likeness (QED) is 0.855. The Labute approximate surface area is 136 Å². The van der Waals surface area contributed by atoms with E-state index in [1.807, 2.05) is 38.2 Å². The average molecular weight is 321 g/mol. The number of carbonyl (C=O) groups is 3. The number of anilines is 1. The molecule has 1 rings (SSSR count). The number of aryl methyl sites for hydroxylation is 3. The van der Waals surface area contributed by atoms with Gasteiger partial charge >= 0.3 is 6.09 Å². The van der Waals surface area contributed by atoms with Crippen LogP contribution < -0.4 is 10.6 Å². The maximum absolute atomic E-state index is 12.1. The summed E-state index contributed by atoms with van der Waals surface area (Å²) in [4.78, 5) is 36.0. The minimum atomic E-state index is -0.821. The number of nitrogens with zero attached hydrogens (tertiary/aromatic N) is 1. The van der Waals surface area contributed by atoms with E-state index in [2.05, 4.69) is 10.1 Å². The second kappa shape index (κ2) is 8.28. The molecule has 0 unspecified atom stereocenters. The smallest absolute Gasteiger partial charge is 0.413 e. The highest BCUT2D eigenvalue weighted by Gasteiger charge is 2.14. The maximum atomic E-state index is 12.1. The molecule has 0 fully saturated rings. The molecule has 0 saturated carbocycles. The van der Waals surface area contributed by atoms with Crippen LogP contribution in [-0.2, 0) is 14.3 Å². The largest absolute Gasteiger partial charge is 0.453 e. The molecule has 0 saturated heterocycles. The summed E-state index contributed by atoms with van der Waals surface area (Å²) in [5, 5.41) is 4.89. The lowest BCUT2D eigenvalue weighted by atomic mass is 10.1. The van der Waals surface area contributed by atoms with E-state index in [0.29, 0.717) is 0 Å². The number of ether oxygens (including phenoxy) is 1. The topological polar surface area (TPSA) is 87.7 Å². The molecule has 0 atom stereocenters. The molecule has 0 aromatic heterocycles. The minimum absolute atomic E-state index is 0.0291. The number of amides is 3. The Bertz CT molecular complexity index is 590. The number of likely N-dealkylation sites (N-methyl/N-ethyl adjacent to an activating group) is 1. The summed E-state index contributed by atoms with van der Waals surface area (Å²) in [5.41, 5.74) is 3.89. The SMILES string of the molecule is COC(=O)NC(=O)CN(C)CC(=O)Nc1c(C)cc(C)cc1C. The van der Waals surface area contributed by atoms with Crippen LogP contribution in [0.15, 0.2) is 12.1 Å². The van der Waals surface area contributed by atoms with Gasteiger partial charge in [-0.25, -0.2) is 4.79 Å². The van der Waals surface area contributed by atoms with Gasteiger partial charge in [0.25, 0.3) is 0 Å². The van der Waals surface area contributed by atoms with Gasteiger partial charge in [0.05, 0.1) is 20.2 Å². The van der Waals surface area contributed by atoms with E-state index in [-0.39, 0.29) is 19.0 Å². The van der Waals surface area contributed by atoms with Gasteiger partial charge in [0.1, 0.15) is 0 Å². The van der Waals surface area contributed by atoms with E-state index in [9.17, 15) is 14.4 Å². The summed E-state index contributed by atoms with van der Waals surface area (Å²) >= 11 is 0. The monoisotopic (exact) mass is 321 g/mol. The van der Waals surface area contributed by atoms with Gasteiger partial charge in [-0.15, -0.1) is 0 Å². The molecule has 1 aromatic rings. The van der Waals surface area contributed by atoms with Gasteiger partial charge in [-0.05, 0) is 38.9 Å². The molecule has 7 heteroatoms. The molecule has 0 radical (unpaired) electrons. The van der Waals surface area contributed by atoms with Crippen LogP contribution in [-0.4, -0.2) is 50.1 Å². The molecular formula is C16H23N3O4. The first-order chi connectivity index (χ1) is 10.7. The first-order valence-electron chi connectivity index (χ1n) is 7.17. The third kappa shape index (κ3) is 6.07. The van der Waals surface area contributed by atoms with Crippen molar-refractivity contribution in [3.8, 4) is 0 Å². The molecule has 23 heavy (non-hydrogen) atoms. The highest BCUT2D eigenvalue weighted by molar-refractivity contribution is 5.95. The van der Waals surface area contributed by atoms with E-state index in [4.69, 9.17) is 0 Å². The van der Waals surface area contributed by atoms with Crippen molar-refractivity contribution in [2.45, 2.75) is 20.8 Å². The molecule has 0 spiro atoms. The van der Waals surface area contributed by atoms with Gasteiger partial charge < -0.3 is 10.1 Å². The Morgan fingerprint density at radius 3 is 2.09 bits per heavy atom. The maximum Gasteiger partial charge on any atom is 0.413 e. The number of rotatable bonds is 5. The normalized spacial score (nSPS) is 10.3. The van der Waals surface area contributed by atoms with Gasteiger partial charge in [-0.3, -0.25) is 19.8 Å². The molecule has 0 aliphatic rings. The first-order valence-corrected chi connectivity index (χ1v) is 7.17. The van der Waals surface area contributed by atoms with Gasteiger partial charge in [0, 0.05) is 5.69 Å². The predicted octanol–water partition coefficient (Wildman–Crippen LogP) is 1.36. The Kier molecular flexibility index (Phi) is 6.71. The Morgan fingerprint density at radius 2 is 1.57 bits per heavy atom. The predicted molar refractivity (Wildman–Crippen MR) is 87.3 cm³/mol. The minimum Gasteiger partial charge on any atom is -0.453 e. The zero-order valence-corrected chi connectivity index (χ0v) is 14.1. The van der Waals surface area contributed by atoms with Crippen LogP contribution in [0.25, 0.3) is 0 Å². The fourth-order valence-electron chi connectivity index (χ4n) is 2.31. The summed E-state index contributed by atoms with van der Waals surface area (Å²) in [6.07, 6.45) is -0.821. The van der Waals surface area contributed by atoms with Crippen LogP contribution >= 0.6 is 0 Å². The van der Waals surface area contributed by atoms with Crippen molar-refractivity contribution < 1.29 is 19.1 Å². The Hall–Kier alpha value is -2.41. The number of carbonyl (C=O) groups excluding carboxylic acids is 3. The number of benzene rings is 1. The van der Waals surface area contributed by atoms with E-state index in [1.165, 1.54) is 12.0 Å². The zero-order chi connectivity index (χ0) is 17.6. The Balaban J connectivity index is 2.57. The van der Waals surface area contributed by atoms with Crippen molar-refractivity contribution in [2.75, 3.05) is 32.6 Å². The van der Waals surface area contributed by atoms with Crippen LogP contribution in [0.5, 0.6) is 0 Å². The van der Waals surface area contributed by atoms with Gasteiger partial charge in [0.2, 0.25) is 11.8 Å². The molecule has 1 aromatic carbocycles. The highest BCUT2D eigenvalue weighted by atomic mass is 16.5. The molecular weight excluding hydrogens is 298 g/mol. The summed E-state index contributed by atoms with van der Waals surface area (Å²) in [6.45, 7) is 5.81. The number of nitrogens with one attached hydrogen (secondary N) is 2. The van der Waals surface area contributed by atoms with Crippen LogP contribution in [0, 0.1) is 20.8 Å². The van der Waals surface area contributed by atoms with E-state index in [0.717, 1.165) is 22.4 Å². The van der Waals surface area contributed by atoms with Crippen LogP contribution in [0.4, 0.5) is 10.5 Å². The van der Waals surface area contributed by atoms with Crippen LogP contribution in [0.2, 0.25) is 0 Å². The Morgan fingerprint density at radius 1 is 1.04 bits per heavy atom. The third-order valence-electron chi connectivity index (χ3n) is 3.20. The van der Waals surface area contributed by atoms with E-state index < -0.39 is 12.0 Å². The third-order valence-corrected chi connectivity index (χ3v) is 3.20. The van der Waals surface area contributed by atoms with Crippen LogP contribution in [0.3, 0.4) is 0 Å². The fourth-order valence-corrected chi connectivity index (χ4v) is 2.31. The molecule has 0 heterocycles. The average Bonchev–Trinajstić information content (AvgIpc) is 2.42. The number of hydrogen-bond acceptors (Lipinski definition) is 5. The second-order valence-electron chi connectivity index (χ2n) is 5.53. The fraction of sp³-hybridized carbons (Fsp3) is 0.438. The number of imide groups is 1. The van der Waals surface area contributed by atoms with Crippen molar-refractivity contribution >= 4 is 23.6 Å². The van der Waals surface area contributed by atoms with Gasteiger partial charge in [-0.2, -0.15) is 0 Å². The second-order valence-corrected chi connectivity index (χ2v) is 5.53. The number of alkyl carbamates (subject to hydrolysis) is 1. The number of hydrogen-bond donors (Lipinski definition) is 2. The highest BCUT2D eigenvalue weighted by Crippen LogP contribution is 2.21. The molecule has 7 nitrogen and oxygen atoms in total.